The summed E-state index contributed by atoms with van der Waals surface area (Å²) in [7, 11) is 0. The highest BCUT2D eigenvalue weighted by molar-refractivity contribution is 5.86. The van der Waals surface area contributed by atoms with Crippen molar-refractivity contribution in [3.8, 4) is 0 Å². The van der Waals surface area contributed by atoms with Gasteiger partial charge in [-0.1, -0.05) is 60.7 Å². The van der Waals surface area contributed by atoms with Crippen LogP contribution in [0.5, 0.6) is 0 Å². The van der Waals surface area contributed by atoms with Crippen LogP contribution in [0.1, 0.15) is 49.7 Å². The molecule has 2 aliphatic heterocycles. The van der Waals surface area contributed by atoms with Crippen molar-refractivity contribution in [2.45, 2.75) is 50.5 Å². The fourth-order valence-corrected chi connectivity index (χ4v) is 10.2. The van der Waals surface area contributed by atoms with E-state index < -0.39 is 0 Å². The largest absolute Gasteiger partial charge is 0.341 e. The van der Waals surface area contributed by atoms with Gasteiger partial charge in [0.25, 0.3) is 0 Å². The Morgan fingerprint density at radius 2 is 1.61 bits per heavy atom. The lowest BCUT2D eigenvalue weighted by Gasteiger charge is -2.73. The van der Waals surface area contributed by atoms with E-state index in [4.69, 9.17) is 0 Å². The van der Waals surface area contributed by atoms with Crippen LogP contribution in [0.15, 0.2) is 60.7 Å². The van der Waals surface area contributed by atoms with Gasteiger partial charge >= 0.3 is 0 Å². The Labute approximate surface area is 197 Å². The van der Waals surface area contributed by atoms with Crippen molar-refractivity contribution in [3.63, 3.8) is 0 Å². The average molecular weight is 439 g/mol. The maximum atomic E-state index is 14.1. The summed E-state index contributed by atoms with van der Waals surface area (Å²) in [5.41, 5.74) is 4.00. The first-order chi connectivity index (χ1) is 16.1. The molecule has 3 nitrogen and oxygen atoms in total. The number of fused-ring (bicyclic) bond motifs is 1. The Kier molecular flexibility index (Phi) is 3.55. The summed E-state index contributed by atoms with van der Waals surface area (Å²) >= 11 is 0. The summed E-state index contributed by atoms with van der Waals surface area (Å²) in [4.78, 5) is 19.0. The first-order valence-corrected chi connectivity index (χ1v) is 13.2. The Hall–Kier alpha value is -2.13. The highest BCUT2D eigenvalue weighted by atomic mass is 16.2. The molecule has 6 aliphatic rings. The fourth-order valence-electron chi connectivity index (χ4n) is 10.2. The summed E-state index contributed by atoms with van der Waals surface area (Å²) in [5, 5.41) is 0. The highest BCUT2D eigenvalue weighted by Gasteiger charge is 2.85. The van der Waals surface area contributed by atoms with Crippen LogP contribution in [-0.4, -0.2) is 41.9 Å². The van der Waals surface area contributed by atoms with Gasteiger partial charge in [-0.15, -0.1) is 0 Å². The topological polar surface area (TPSA) is 23.6 Å². The van der Waals surface area contributed by atoms with Crippen molar-refractivity contribution in [1.29, 1.82) is 0 Å². The lowest BCUT2D eigenvalue weighted by atomic mass is 9.30. The Morgan fingerprint density at radius 3 is 2.36 bits per heavy atom. The maximum Gasteiger partial charge on any atom is 0.228 e. The smallest absolute Gasteiger partial charge is 0.228 e. The molecule has 5 unspecified atom stereocenters. The van der Waals surface area contributed by atoms with Crippen LogP contribution in [0.25, 0.3) is 0 Å². The fraction of sp³-hybridized carbons (Fsp3) is 0.567. The molecule has 0 N–H and O–H groups in total. The van der Waals surface area contributed by atoms with E-state index in [1.165, 1.54) is 49.8 Å². The van der Waals surface area contributed by atoms with E-state index in [1.54, 1.807) is 0 Å². The van der Waals surface area contributed by atoms with Crippen molar-refractivity contribution >= 4 is 5.91 Å². The molecule has 2 aromatic carbocycles. The van der Waals surface area contributed by atoms with Gasteiger partial charge in [0.1, 0.15) is 0 Å². The lowest BCUT2D eigenvalue weighted by Crippen LogP contribution is -2.69. The van der Waals surface area contributed by atoms with Crippen molar-refractivity contribution < 1.29 is 4.79 Å². The van der Waals surface area contributed by atoms with E-state index in [2.05, 4.69) is 70.5 Å². The van der Waals surface area contributed by atoms with Gasteiger partial charge < -0.3 is 4.90 Å². The van der Waals surface area contributed by atoms with Gasteiger partial charge in [-0.2, -0.15) is 0 Å². The minimum atomic E-state index is -0.0598. The normalized spacial score (nSPS) is 41.4. The number of carbonyl (C=O) groups is 1. The minimum absolute atomic E-state index is 0.0598. The summed E-state index contributed by atoms with van der Waals surface area (Å²) in [6.45, 7) is 5.37. The molecule has 8 rings (SSSR count). The second-order valence-corrected chi connectivity index (χ2v) is 12.8. The first kappa shape index (κ1) is 19.2. The average Bonchev–Trinajstić information content (AvgIpc) is 3.45. The molecule has 5 atom stereocenters. The molecule has 4 saturated carbocycles. The molecule has 2 bridgehead atoms. The molecule has 2 heterocycles. The van der Waals surface area contributed by atoms with E-state index >= 15 is 0 Å². The summed E-state index contributed by atoms with van der Waals surface area (Å²) in [5.74, 6) is 2.23. The molecule has 6 fully saturated rings. The second-order valence-electron chi connectivity index (χ2n) is 12.8. The van der Waals surface area contributed by atoms with Crippen LogP contribution < -0.4 is 0 Å². The third-order valence-corrected chi connectivity index (χ3v) is 11.3. The molecule has 4 aliphatic carbocycles. The molecule has 3 heteroatoms. The summed E-state index contributed by atoms with van der Waals surface area (Å²) in [6, 6.07) is 22.1. The Balaban J connectivity index is 0.994. The third kappa shape index (κ3) is 2.24. The number of benzene rings is 2. The van der Waals surface area contributed by atoms with Crippen molar-refractivity contribution in [2.75, 3.05) is 26.2 Å². The van der Waals surface area contributed by atoms with Crippen LogP contribution in [0.2, 0.25) is 0 Å². The highest BCUT2D eigenvalue weighted by Crippen LogP contribution is 2.89. The predicted octanol–water partition coefficient (Wildman–Crippen LogP) is 4.87. The van der Waals surface area contributed by atoms with Crippen LogP contribution in [0.4, 0.5) is 0 Å². The number of amides is 1. The van der Waals surface area contributed by atoms with Gasteiger partial charge in [0.05, 0.1) is 5.41 Å². The zero-order chi connectivity index (χ0) is 21.9. The molecule has 1 amide bonds. The molecule has 0 aromatic heterocycles. The molecule has 33 heavy (non-hydrogen) atoms. The standard InChI is InChI=1S/C30H34N2O/c33-26(32-20-27(21-32)11-12-31(19-27)16-22-7-3-1-4-8-22)28-14-24-13-25-15-29(17-28,30(24,25)18-28)23-9-5-2-6-10-23/h1-10,24-25H,11-21H2. The summed E-state index contributed by atoms with van der Waals surface area (Å²) in [6.07, 6.45) is 7.47. The Morgan fingerprint density at radius 1 is 0.879 bits per heavy atom. The number of hydrogen-bond donors (Lipinski definition) is 0. The quantitative estimate of drug-likeness (QED) is 0.680. The predicted molar refractivity (Wildman–Crippen MR) is 128 cm³/mol. The molecule has 2 aromatic rings. The molecule has 2 saturated heterocycles. The molecular formula is C30H34N2O. The number of nitrogens with zero attached hydrogens (tertiary/aromatic N) is 2. The minimum Gasteiger partial charge on any atom is -0.341 e. The van der Waals surface area contributed by atoms with Gasteiger partial charge in [0, 0.05) is 37.0 Å². The number of likely N-dealkylation sites (tertiary alicyclic amines) is 2. The van der Waals surface area contributed by atoms with Crippen LogP contribution >= 0.6 is 0 Å². The van der Waals surface area contributed by atoms with Crippen LogP contribution in [0, 0.1) is 28.1 Å². The van der Waals surface area contributed by atoms with E-state index in [0.717, 1.165) is 44.4 Å². The number of rotatable bonds is 4. The van der Waals surface area contributed by atoms with Gasteiger partial charge in [-0.3, -0.25) is 9.69 Å². The maximum absolute atomic E-state index is 14.1. The van der Waals surface area contributed by atoms with Crippen molar-refractivity contribution in [1.82, 2.24) is 9.80 Å². The van der Waals surface area contributed by atoms with Crippen molar-refractivity contribution in [2.24, 2.45) is 28.1 Å². The SMILES string of the molecule is O=C(N1CC2(CCN(Cc3ccccc3)C2)C1)C12CC3CC4CC(c5ccccc5)(C1)C34C2. The number of hydrogen-bond acceptors (Lipinski definition) is 2. The van der Waals surface area contributed by atoms with Gasteiger partial charge in [-0.25, -0.2) is 0 Å². The zero-order valence-electron chi connectivity index (χ0n) is 19.5. The van der Waals surface area contributed by atoms with Gasteiger partial charge in [0.15, 0.2) is 0 Å². The third-order valence-electron chi connectivity index (χ3n) is 11.3. The van der Waals surface area contributed by atoms with E-state index in [-0.39, 0.29) is 5.41 Å². The first-order valence-electron chi connectivity index (χ1n) is 13.2. The second kappa shape index (κ2) is 6.10. The van der Waals surface area contributed by atoms with E-state index in [0.29, 0.717) is 22.2 Å². The van der Waals surface area contributed by atoms with E-state index in [1.807, 2.05) is 0 Å². The van der Waals surface area contributed by atoms with Crippen LogP contribution in [-0.2, 0) is 16.8 Å². The van der Waals surface area contributed by atoms with Crippen molar-refractivity contribution in [3.05, 3.63) is 71.8 Å². The molecule has 2 spiro atoms. The molecular weight excluding hydrogens is 404 g/mol. The molecule has 170 valence electrons. The van der Waals surface area contributed by atoms with Gasteiger partial charge in [0.2, 0.25) is 5.91 Å². The van der Waals surface area contributed by atoms with Gasteiger partial charge in [-0.05, 0) is 73.4 Å². The van der Waals surface area contributed by atoms with Crippen LogP contribution in [0.3, 0.4) is 0 Å². The molecule has 0 radical (unpaired) electrons. The lowest BCUT2D eigenvalue weighted by molar-refractivity contribution is -0.202. The Bertz CT molecular complexity index is 1120. The van der Waals surface area contributed by atoms with E-state index in [9.17, 15) is 4.79 Å². The zero-order valence-corrected chi connectivity index (χ0v) is 19.5. The summed E-state index contributed by atoms with van der Waals surface area (Å²) < 4.78 is 0. The monoisotopic (exact) mass is 438 g/mol. The number of carbonyl (C=O) groups excluding carboxylic acids is 1.